The van der Waals surface area contributed by atoms with Crippen LogP contribution in [0.15, 0.2) is 60.7 Å². The van der Waals surface area contributed by atoms with E-state index in [1.807, 2.05) is 48.5 Å². The standard InChI is InChI=1S/C23H22F2/c1-3-5-17-8-12-19(13-9-17)21-15-22(24)20(14-23(21)25)18-10-6-16(4-2)7-11-18/h6-15H,3-5H2,1-2H3. The molecule has 0 N–H and O–H groups in total. The van der Waals surface area contributed by atoms with Crippen LogP contribution in [-0.2, 0) is 12.8 Å². The summed E-state index contributed by atoms with van der Waals surface area (Å²) in [6.07, 6.45) is 2.97. The molecule has 0 aliphatic heterocycles. The van der Waals surface area contributed by atoms with Crippen LogP contribution >= 0.6 is 0 Å². The summed E-state index contributed by atoms with van der Waals surface area (Å²) in [5, 5.41) is 0. The maximum Gasteiger partial charge on any atom is 0.131 e. The summed E-state index contributed by atoms with van der Waals surface area (Å²) < 4.78 is 29.2. The molecule has 0 aromatic heterocycles. The van der Waals surface area contributed by atoms with E-state index in [-0.39, 0.29) is 0 Å². The Balaban J connectivity index is 1.96. The quantitative estimate of drug-likeness (QED) is 0.480. The molecule has 3 rings (SSSR count). The summed E-state index contributed by atoms with van der Waals surface area (Å²) >= 11 is 0. The molecule has 0 atom stereocenters. The first-order valence-corrected chi connectivity index (χ1v) is 8.80. The Bertz CT molecular complexity index is 847. The van der Waals surface area contributed by atoms with Crippen LogP contribution in [0.25, 0.3) is 22.3 Å². The fourth-order valence-electron chi connectivity index (χ4n) is 3.05. The van der Waals surface area contributed by atoms with Gasteiger partial charge in [-0.25, -0.2) is 8.78 Å². The molecular weight excluding hydrogens is 314 g/mol. The van der Waals surface area contributed by atoms with Crippen LogP contribution in [0.5, 0.6) is 0 Å². The molecule has 0 nitrogen and oxygen atoms in total. The molecule has 25 heavy (non-hydrogen) atoms. The molecule has 0 aliphatic rings. The smallest absolute Gasteiger partial charge is 0.131 e. The fourth-order valence-corrected chi connectivity index (χ4v) is 3.05. The van der Waals surface area contributed by atoms with Crippen molar-refractivity contribution < 1.29 is 8.78 Å². The molecule has 0 saturated heterocycles. The highest BCUT2D eigenvalue weighted by Gasteiger charge is 2.13. The summed E-state index contributed by atoms with van der Waals surface area (Å²) in [4.78, 5) is 0. The van der Waals surface area contributed by atoms with Gasteiger partial charge in [0, 0.05) is 11.1 Å². The van der Waals surface area contributed by atoms with Crippen LogP contribution in [-0.4, -0.2) is 0 Å². The fraction of sp³-hybridized carbons (Fsp3) is 0.217. The van der Waals surface area contributed by atoms with Gasteiger partial charge in [-0.05, 0) is 47.2 Å². The average molecular weight is 336 g/mol. The average Bonchev–Trinajstić information content (AvgIpc) is 2.64. The maximum absolute atomic E-state index is 14.6. The summed E-state index contributed by atoms with van der Waals surface area (Å²) in [6.45, 7) is 4.19. The van der Waals surface area contributed by atoms with Gasteiger partial charge in [0.25, 0.3) is 0 Å². The van der Waals surface area contributed by atoms with E-state index in [2.05, 4.69) is 13.8 Å². The van der Waals surface area contributed by atoms with Crippen molar-refractivity contribution in [3.63, 3.8) is 0 Å². The molecule has 128 valence electrons. The highest BCUT2D eigenvalue weighted by atomic mass is 19.1. The van der Waals surface area contributed by atoms with E-state index in [0.717, 1.165) is 19.3 Å². The molecule has 3 aromatic carbocycles. The predicted molar refractivity (Wildman–Crippen MR) is 101 cm³/mol. The van der Waals surface area contributed by atoms with Gasteiger partial charge in [0.05, 0.1) is 0 Å². The minimum Gasteiger partial charge on any atom is -0.206 e. The minimum absolute atomic E-state index is 0.298. The molecule has 3 aromatic rings. The normalized spacial score (nSPS) is 10.9. The molecule has 2 heteroatoms. The largest absolute Gasteiger partial charge is 0.206 e. The summed E-state index contributed by atoms with van der Waals surface area (Å²) in [5.41, 5.74) is 4.37. The highest BCUT2D eigenvalue weighted by Crippen LogP contribution is 2.31. The molecule has 0 spiro atoms. The van der Waals surface area contributed by atoms with Crippen LogP contribution in [0, 0.1) is 11.6 Å². The number of benzene rings is 3. The number of halogens is 2. The third kappa shape index (κ3) is 3.79. The Morgan fingerprint density at radius 3 is 1.48 bits per heavy atom. The lowest BCUT2D eigenvalue weighted by atomic mass is 9.97. The summed E-state index contributed by atoms with van der Waals surface area (Å²) in [7, 11) is 0. The van der Waals surface area contributed by atoms with Gasteiger partial charge in [0.1, 0.15) is 11.6 Å². The van der Waals surface area contributed by atoms with Gasteiger partial charge in [0.2, 0.25) is 0 Å². The molecule has 0 aliphatic carbocycles. The number of rotatable bonds is 5. The van der Waals surface area contributed by atoms with E-state index in [0.29, 0.717) is 22.3 Å². The first-order chi connectivity index (χ1) is 12.1. The molecule has 0 radical (unpaired) electrons. The van der Waals surface area contributed by atoms with E-state index in [4.69, 9.17) is 0 Å². The lowest BCUT2D eigenvalue weighted by molar-refractivity contribution is 0.606. The van der Waals surface area contributed by atoms with Gasteiger partial charge in [-0.1, -0.05) is 68.8 Å². The molecule has 0 bridgehead atoms. The van der Waals surface area contributed by atoms with E-state index in [9.17, 15) is 8.78 Å². The monoisotopic (exact) mass is 336 g/mol. The summed E-state index contributed by atoms with van der Waals surface area (Å²) in [5.74, 6) is -0.808. The lowest BCUT2D eigenvalue weighted by Crippen LogP contribution is -1.92. The van der Waals surface area contributed by atoms with Crippen LogP contribution in [0.1, 0.15) is 31.4 Å². The molecule has 0 amide bonds. The topological polar surface area (TPSA) is 0 Å². The highest BCUT2D eigenvalue weighted by molar-refractivity contribution is 5.72. The Morgan fingerprint density at radius 2 is 1.08 bits per heavy atom. The minimum atomic E-state index is -0.404. The molecule has 0 saturated carbocycles. The van der Waals surface area contributed by atoms with Gasteiger partial charge < -0.3 is 0 Å². The Hall–Kier alpha value is -2.48. The predicted octanol–water partition coefficient (Wildman–Crippen LogP) is 6.81. The van der Waals surface area contributed by atoms with Crippen molar-refractivity contribution in [3.8, 4) is 22.3 Å². The van der Waals surface area contributed by atoms with E-state index in [1.54, 1.807) is 0 Å². The Labute approximate surface area is 148 Å². The van der Waals surface area contributed by atoms with Crippen molar-refractivity contribution in [2.45, 2.75) is 33.1 Å². The van der Waals surface area contributed by atoms with Crippen molar-refractivity contribution in [2.75, 3.05) is 0 Å². The van der Waals surface area contributed by atoms with Gasteiger partial charge >= 0.3 is 0 Å². The number of hydrogen-bond donors (Lipinski definition) is 0. The maximum atomic E-state index is 14.6. The van der Waals surface area contributed by atoms with Gasteiger partial charge in [-0.3, -0.25) is 0 Å². The molecule has 0 heterocycles. The van der Waals surface area contributed by atoms with Crippen molar-refractivity contribution in [2.24, 2.45) is 0 Å². The van der Waals surface area contributed by atoms with Crippen LogP contribution in [0.3, 0.4) is 0 Å². The zero-order valence-corrected chi connectivity index (χ0v) is 14.7. The van der Waals surface area contributed by atoms with Crippen molar-refractivity contribution >= 4 is 0 Å². The van der Waals surface area contributed by atoms with Crippen molar-refractivity contribution in [1.29, 1.82) is 0 Å². The van der Waals surface area contributed by atoms with E-state index in [1.165, 1.54) is 23.3 Å². The third-order valence-electron chi connectivity index (χ3n) is 4.53. The van der Waals surface area contributed by atoms with E-state index < -0.39 is 11.6 Å². The van der Waals surface area contributed by atoms with Gasteiger partial charge in [0.15, 0.2) is 0 Å². The second-order valence-electron chi connectivity index (χ2n) is 6.31. The SMILES string of the molecule is CCCc1ccc(-c2cc(F)c(-c3ccc(CC)cc3)cc2F)cc1. The van der Waals surface area contributed by atoms with Crippen LogP contribution in [0.2, 0.25) is 0 Å². The number of aryl methyl sites for hydroxylation is 2. The lowest BCUT2D eigenvalue weighted by Gasteiger charge is -2.10. The Kier molecular flexibility index (Phi) is 5.28. The second-order valence-corrected chi connectivity index (χ2v) is 6.31. The molecular formula is C23H22F2. The Morgan fingerprint density at radius 1 is 0.640 bits per heavy atom. The summed E-state index contributed by atoms with van der Waals surface area (Å²) in [6, 6.07) is 17.9. The van der Waals surface area contributed by atoms with E-state index >= 15 is 0 Å². The molecule has 0 unspecified atom stereocenters. The third-order valence-corrected chi connectivity index (χ3v) is 4.53. The first kappa shape index (κ1) is 17.3. The first-order valence-electron chi connectivity index (χ1n) is 8.80. The van der Waals surface area contributed by atoms with Gasteiger partial charge in [-0.2, -0.15) is 0 Å². The van der Waals surface area contributed by atoms with Crippen LogP contribution < -0.4 is 0 Å². The van der Waals surface area contributed by atoms with Gasteiger partial charge in [-0.15, -0.1) is 0 Å². The van der Waals surface area contributed by atoms with Crippen LogP contribution in [0.4, 0.5) is 8.78 Å². The second kappa shape index (κ2) is 7.60. The number of hydrogen-bond acceptors (Lipinski definition) is 0. The van der Waals surface area contributed by atoms with Crippen molar-refractivity contribution in [1.82, 2.24) is 0 Å². The van der Waals surface area contributed by atoms with Crippen molar-refractivity contribution in [3.05, 3.63) is 83.4 Å². The zero-order chi connectivity index (χ0) is 17.8. The molecule has 0 fully saturated rings. The zero-order valence-electron chi connectivity index (χ0n) is 14.7.